The van der Waals surface area contributed by atoms with Gasteiger partial charge in [-0.15, -0.1) is 0 Å². The third-order valence-corrected chi connectivity index (χ3v) is 1.93. The van der Waals surface area contributed by atoms with Crippen LogP contribution in [0.4, 0.5) is 10.1 Å². The number of nitrogens with two attached hydrogens (primary N) is 1. The van der Waals surface area contributed by atoms with Crippen LogP contribution in [0, 0.1) is 12.7 Å². The van der Waals surface area contributed by atoms with Crippen LogP contribution in [0.5, 0.6) is 0 Å². The number of hydrogen-bond donors (Lipinski definition) is 2. The first-order valence-corrected chi connectivity index (χ1v) is 4.74. The molecular weight excluding hydrogens is 215 g/mol. The maximum atomic E-state index is 13.1. The number of hydrogen-bond acceptors (Lipinski definition) is 2. The highest BCUT2D eigenvalue weighted by molar-refractivity contribution is 7.80. The van der Waals surface area contributed by atoms with Crippen molar-refractivity contribution < 1.29 is 9.18 Å². The normalized spacial score (nSPS) is 9.73. The molecule has 0 atom stereocenters. The predicted octanol–water partition coefficient (Wildman–Crippen LogP) is 1.75. The van der Waals surface area contributed by atoms with Crippen LogP contribution in [0.25, 0.3) is 0 Å². The molecule has 0 aromatic heterocycles. The molecule has 0 bridgehead atoms. The van der Waals surface area contributed by atoms with E-state index in [1.165, 1.54) is 6.07 Å². The second-order valence-electron chi connectivity index (χ2n) is 3.16. The SMILES string of the molecule is Cc1ccc(NC(=O)CC(N)=S)cc1F. The Morgan fingerprint density at radius 2 is 2.27 bits per heavy atom. The van der Waals surface area contributed by atoms with Gasteiger partial charge in [0.15, 0.2) is 0 Å². The second kappa shape index (κ2) is 4.84. The largest absolute Gasteiger partial charge is 0.393 e. The standard InChI is InChI=1S/C10H11FN2OS/c1-6-2-3-7(4-8(6)11)13-10(14)5-9(12)15/h2-4H,5H2,1H3,(H2,12,15)(H,13,14). The number of anilines is 1. The number of aryl methyl sites for hydroxylation is 1. The Morgan fingerprint density at radius 3 is 2.80 bits per heavy atom. The van der Waals surface area contributed by atoms with E-state index >= 15 is 0 Å². The molecule has 1 aromatic rings. The lowest BCUT2D eigenvalue weighted by Gasteiger charge is -2.05. The van der Waals surface area contributed by atoms with Crippen molar-refractivity contribution in [2.75, 3.05) is 5.32 Å². The molecule has 0 saturated carbocycles. The van der Waals surface area contributed by atoms with E-state index < -0.39 is 0 Å². The minimum atomic E-state index is -0.358. The molecule has 0 heterocycles. The monoisotopic (exact) mass is 226 g/mol. The van der Waals surface area contributed by atoms with Crippen molar-refractivity contribution in [2.24, 2.45) is 5.73 Å². The van der Waals surface area contributed by atoms with Crippen LogP contribution < -0.4 is 11.1 Å². The summed E-state index contributed by atoms with van der Waals surface area (Å²) in [5, 5.41) is 2.49. The predicted molar refractivity (Wildman–Crippen MR) is 61.2 cm³/mol. The Balaban J connectivity index is 2.69. The first-order valence-electron chi connectivity index (χ1n) is 4.33. The summed E-state index contributed by atoms with van der Waals surface area (Å²) in [5.74, 6) is -0.700. The smallest absolute Gasteiger partial charge is 0.231 e. The number of nitrogens with one attached hydrogen (secondary N) is 1. The van der Waals surface area contributed by atoms with E-state index in [9.17, 15) is 9.18 Å². The zero-order valence-electron chi connectivity index (χ0n) is 8.21. The summed E-state index contributed by atoms with van der Waals surface area (Å²) in [7, 11) is 0. The van der Waals surface area contributed by atoms with Gasteiger partial charge >= 0.3 is 0 Å². The van der Waals surface area contributed by atoms with Crippen LogP contribution >= 0.6 is 12.2 Å². The first kappa shape index (κ1) is 11.6. The van der Waals surface area contributed by atoms with Crippen LogP contribution in [-0.2, 0) is 4.79 Å². The molecular formula is C10H11FN2OS. The van der Waals surface area contributed by atoms with E-state index in [0.717, 1.165) is 0 Å². The fourth-order valence-corrected chi connectivity index (χ4v) is 1.17. The van der Waals surface area contributed by atoms with E-state index in [2.05, 4.69) is 17.5 Å². The van der Waals surface area contributed by atoms with Gasteiger partial charge in [-0.1, -0.05) is 18.3 Å². The minimum Gasteiger partial charge on any atom is -0.393 e. The molecule has 1 aromatic carbocycles. The van der Waals surface area contributed by atoms with E-state index in [0.29, 0.717) is 11.3 Å². The molecule has 3 nitrogen and oxygen atoms in total. The average Bonchev–Trinajstić information content (AvgIpc) is 2.10. The molecule has 0 fully saturated rings. The zero-order chi connectivity index (χ0) is 11.4. The molecule has 80 valence electrons. The minimum absolute atomic E-state index is 0.0369. The summed E-state index contributed by atoms with van der Waals surface area (Å²) >= 11 is 4.58. The molecule has 1 rings (SSSR count). The third kappa shape index (κ3) is 3.63. The van der Waals surface area contributed by atoms with E-state index in [-0.39, 0.29) is 23.1 Å². The van der Waals surface area contributed by atoms with Gasteiger partial charge in [0.1, 0.15) is 5.82 Å². The molecule has 3 N–H and O–H groups in total. The summed E-state index contributed by atoms with van der Waals surface area (Å²) in [5.41, 5.74) is 6.13. The Morgan fingerprint density at radius 1 is 1.60 bits per heavy atom. The number of benzene rings is 1. The fraction of sp³-hybridized carbons (Fsp3) is 0.200. The highest BCUT2D eigenvalue weighted by atomic mass is 32.1. The summed E-state index contributed by atoms with van der Waals surface area (Å²) in [6.45, 7) is 1.65. The zero-order valence-corrected chi connectivity index (χ0v) is 9.03. The van der Waals surface area contributed by atoms with Crippen molar-refractivity contribution in [1.29, 1.82) is 0 Å². The Bertz CT molecular complexity index is 406. The van der Waals surface area contributed by atoms with Gasteiger partial charge in [0.2, 0.25) is 5.91 Å². The maximum absolute atomic E-state index is 13.1. The number of rotatable bonds is 3. The number of amides is 1. The van der Waals surface area contributed by atoms with Crippen molar-refractivity contribution in [2.45, 2.75) is 13.3 Å². The van der Waals surface area contributed by atoms with Crippen molar-refractivity contribution >= 4 is 28.8 Å². The average molecular weight is 226 g/mol. The molecule has 0 aliphatic carbocycles. The van der Waals surface area contributed by atoms with E-state index in [1.807, 2.05) is 0 Å². The second-order valence-corrected chi connectivity index (χ2v) is 3.68. The summed E-state index contributed by atoms with van der Waals surface area (Å²) in [4.78, 5) is 11.3. The Labute approximate surface area is 92.5 Å². The van der Waals surface area contributed by atoms with Gasteiger partial charge in [-0.2, -0.15) is 0 Å². The molecule has 1 amide bonds. The topological polar surface area (TPSA) is 55.1 Å². The van der Waals surface area contributed by atoms with Gasteiger partial charge in [-0.05, 0) is 24.6 Å². The van der Waals surface area contributed by atoms with Crippen molar-refractivity contribution in [1.82, 2.24) is 0 Å². The quantitative estimate of drug-likeness (QED) is 0.772. The molecule has 0 spiro atoms. The fourth-order valence-electron chi connectivity index (χ4n) is 1.03. The van der Waals surface area contributed by atoms with Gasteiger partial charge in [-0.3, -0.25) is 4.79 Å². The molecule has 0 aliphatic rings. The highest BCUT2D eigenvalue weighted by Gasteiger charge is 2.05. The summed E-state index contributed by atoms with van der Waals surface area (Å²) in [6.07, 6.45) is -0.0369. The van der Waals surface area contributed by atoms with Gasteiger partial charge in [0.25, 0.3) is 0 Å². The number of carbonyl (C=O) groups is 1. The van der Waals surface area contributed by atoms with Crippen LogP contribution in [0.1, 0.15) is 12.0 Å². The van der Waals surface area contributed by atoms with Crippen LogP contribution in [0.2, 0.25) is 0 Å². The third-order valence-electron chi connectivity index (χ3n) is 1.79. The van der Waals surface area contributed by atoms with Crippen molar-refractivity contribution in [3.05, 3.63) is 29.6 Å². The molecule has 0 aliphatic heterocycles. The van der Waals surface area contributed by atoms with Gasteiger partial charge in [0.05, 0.1) is 11.4 Å². The maximum Gasteiger partial charge on any atom is 0.231 e. The lowest BCUT2D eigenvalue weighted by atomic mass is 10.2. The first-order chi connectivity index (χ1) is 6.99. The van der Waals surface area contributed by atoms with Crippen molar-refractivity contribution in [3.8, 4) is 0 Å². The van der Waals surface area contributed by atoms with Crippen molar-refractivity contribution in [3.63, 3.8) is 0 Å². The van der Waals surface area contributed by atoms with Crippen LogP contribution in [0.3, 0.4) is 0 Å². The Hall–Kier alpha value is -1.49. The van der Waals surface area contributed by atoms with Gasteiger partial charge in [0, 0.05) is 5.69 Å². The van der Waals surface area contributed by atoms with Gasteiger partial charge in [-0.25, -0.2) is 4.39 Å². The molecule has 5 heteroatoms. The lowest BCUT2D eigenvalue weighted by molar-refractivity contribution is -0.115. The molecule has 0 unspecified atom stereocenters. The van der Waals surface area contributed by atoms with Gasteiger partial charge < -0.3 is 11.1 Å². The lowest BCUT2D eigenvalue weighted by Crippen LogP contribution is -2.20. The van der Waals surface area contributed by atoms with Crippen LogP contribution in [-0.4, -0.2) is 10.9 Å². The summed E-state index contributed by atoms with van der Waals surface area (Å²) in [6, 6.07) is 4.47. The van der Waals surface area contributed by atoms with E-state index in [1.54, 1.807) is 19.1 Å². The highest BCUT2D eigenvalue weighted by Crippen LogP contribution is 2.13. The number of thiocarbonyl (C=S) groups is 1. The number of carbonyl (C=O) groups excluding carboxylic acids is 1. The number of halogens is 1. The molecule has 0 radical (unpaired) electrons. The van der Waals surface area contributed by atoms with Crippen LogP contribution in [0.15, 0.2) is 18.2 Å². The summed E-state index contributed by atoms with van der Waals surface area (Å²) < 4.78 is 13.1. The molecule has 15 heavy (non-hydrogen) atoms. The molecule has 0 saturated heterocycles. The Kier molecular flexibility index (Phi) is 3.74. The van der Waals surface area contributed by atoms with E-state index in [4.69, 9.17) is 5.73 Å².